The zero-order chi connectivity index (χ0) is 14.9. The molecule has 20 heavy (non-hydrogen) atoms. The Morgan fingerprint density at radius 1 is 0.950 bits per heavy atom. The molecule has 0 heterocycles. The molecule has 0 aliphatic rings. The molecule has 1 N–H and O–H groups in total. The molecule has 2 rings (SSSR count). The van der Waals surface area contributed by atoms with Crippen molar-refractivity contribution in [1.82, 2.24) is 0 Å². The summed E-state index contributed by atoms with van der Waals surface area (Å²) in [7, 11) is 0. The van der Waals surface area contributed by atoms with E-state index in [0.717, 1.165) is 11.1 Å². The summed E-state index contributed by atoms with van der Waals surface area (Å²) >= 11 is 0. The van der Waals surface area contributed by atoms with Gasteiger partial charge >= 0.3 is 0 Å². The van der Waals surface area contributed by atoms with E-state index in [0.29, 0.717) is 0 Å². The third kappa shape index (κ3) is 2.61. The zero-order valence-corrected chi connectivity index (χ0v) is 11.0. The topological polar surface area (TPSA) is 12.0 Å². The third-order valence-electron chi connectivity index (χ3n) is 3.13. The summed E-state index contributed by atoms with van der Waals surface area (Å²) in [6, 6.07) is 6.91. The summed E-state index contributed by atoms with van der Waals surface area (Å²) in [6.07, 6.45) is 0. The minimum Gasteiger partial charge on any atom is -0.374 e. The van der Waals surface area contributed by atoms with Crippen LogP contribution in [0.4, 0.5) is 23.2 Å². The molecule has 0 aromatic heterocycles. The van der Waals surface area contributed by atoms with Crippen molar-refractivity contribution in [2.45, 2.75) is 19.9 Å². The molecule has 1 unspecified atom stereocenters. The summed E-state index contributed by atoms with van der Waals surface area (Å²) in [5.41, 5.74) is 0.902. The first kappa shape index (κ1) is 14.4. The van der Waals surface area contributed by atoms with Gasteiger partial charge in [-0.05, 0) is 25.0 Å². The van der Waals surface area contributed by atoms with E-state index in [2.05, 4.69) is 5.32 Å². The van der Waals surface area contributed by atoms with E-state index in [1.807, 2.05) is 19.1 Å². The fourth-order valence-electron chi connectivity index (χ4n) is 2.07. The largest absolute Gasteiger partial charge is 0.374 e. The Morgan fingerprint density at radius 2 is 1.50 bits per heavy atom. The summed E-state index contributed by atoms with van der Waals surface area (Å²) in [5.74, 6) is -5.71. The van der Waals surface area contributed by atoms with E-state index in [4.69, 9.17) is 0 Å². The quantitative estimate of drug-likeness (QED) is 0.634. The van der Waals surface area contributed by atoms with Crippen molar-refractivity contribution in [3.63, 3.8) is 0 Å². The van der Waals surface area contributed by atoms with E-state index < -0.39 is 35.0 Å². The van der Waals surface area contributed by atoms with E-state index in [1.165, 1.54) is 0 Å². The summed E-state index contributed by atoms with van der Waals surface area (Å²) in [6.45, 7) is 3.50. The number of halogens is 4. The smallest absolute Gasteiger partial charge is 0.185 e. The van der Waals surface area contributed by atoms with Crippen LogP contribution in [-0.2, 0) is 0 Å². The fraction of sp³-hybridized carbons (Fsp3) is 0.200. The molecule has 5 heteroatoms. The highest BCUT2D eigenvalue weighted by molar-refractivity contribution is 5.49. The second-order valence-corrected chi connectivity index (χ2v) is 4.57. The van der Waals surface area contributed by atoms with Crippen LogP contribution in [0.3, 0.4) is 0 Å². The van der Waals surface area contributed by atoms with Gasteiger partial charge in [-0.15, -0.1) is 0 Å². The van der Waals surface area contributed by atoms with Crippen LogP contribution in [0.15, 0.2) is 30.3 Å². The van der Waals surface area contributed by atoms with Crippen molar-refractivity contribution < 1.29 is 17.6 Å². The van der Waals surface area contributed by atoms with E-state index in [9.17, 15) is 17.6 Å². The molecule has 0 amide bonds. The monoisotopic (exact) mass is 283 g/mol. The van der Waals surface area contributed by atoms with Gasteiger partial charge in [-0.25, -0.2) is 17.6 Å². The lowest BCUT2D eigenvalue weighted by Gasteiger charge is -2.19. The number of benzene rings is 2. The maximum atomic E-state index is 13.6. The van der Waals surface area contributed by atoms with Gasteiger partial charge in [-0.2, -0.15) is 0 Å². The molecular weight excluding hydrogens is 270 g/mol. The minimum atomic E-state index is -1.43. The fourth-order valence-corrected chi connectivity index (χ4v) is 2.07. The third-order valence-corrected chi connectivity index (χ3v) is 3.13. The second kappa shape index (κ2) is 5.53. The van der Waals surface area contributed by atoms with Crippen LogP contribution in [0.25, 0.3) is 0 Å². The van der Waals surface area contributed by atoms with Crippen LogP contribution < -0.4 is 5.32 Å². The van der Waals surface area contributed by atoms with Gasteiger partial charge in [0.1, 0.15) is 5.69 Å². The van der Waals surface area contributed by atoms with Crippen LogP contribution in [0.5, 0.6) is 0 Å². The number of hydrogen-bond donors (Lipinski definition) is 1. The van der Waals surface area contributed by atoms with E-state index in [-0.39, 0.29) is 6.07 Å². The highest BCUT2D eigenvalue weighted by atomic mass is 19.2. The summed E-state index contributed by atoms with van der Waals surface area (Å²) in [5, 5.41) is 2.49. The molecular formula is C15H13F4N. The lowest BCUT2D eigenvalue weighted by molar-refractivity contribution is 0.457. The standard InChI is InChI=1S/C15H13F4N/c1-8-5-3-4-6-10(8)9(2)20-15-13(18)11(16)7-12(17)14(15)19/h3-7,9,20H,1-2H3. The van der Waals surface area contributed by atoms with Crippen molar-refractivity contribution >= 4 is 5.69 Å². The van der Waals surface area contributed by atoms with Gasteiger partial charge in [0.2, 0.25) is 0 Å². The van der Waals surface area contributed by atoms with Gasteiger partial charge in [0.25, 0.3) is 0 Å². The van der Waals surface area contributed by atoms with Crippen LogP contribution in [-0.4, -0.2) is 0 Å². The predicted molar refractivity (Wildman–Crippen MR) is 69.5 cm³/mol. The number of anilines is 1. The molecule has 0 saturated carbocycles. The first-order valence-corrected chi connectivity index (χ1v) is 6.07. The van der Waals surface area contributed by atoms with Gasteiger partial charge < -0.3 is 5.32 Å². The molecule has 1 atom stereocenters. The summed E-state index contributed by atoms with van der Waals surface area (Å²) in [4.78, 5) is 0. The molecule has 0 saturated heterocycles. The van der Waals surface area contributed by atoms with Gasteiger partial charge in [-0.3, -0.25) is 0 Å². The predicted octanol–water partition coefficient (Wildman–Crippen LogP) is 4.72. The maximum absolute atomic E-state index is 13.6. The van der Waals surface area contributed by atoms with Crippen molar-refractivity contribution in [2.75, 3.05) is 5.32 Å². The average Bonchev–Trinajstić information content (AvgIpc) is 2.41. The number of hydrogen-bond acceptors (Lipinski definition) is 1. The van der Waals surface area contributed by atoms with Gasteiger partial charge in [0, 0.05) is 12.1 Å². The highest BCUT2D eigenvalue weighted by Gasteiger charge is 2.21. The second-order valence-electron chi connectivity index (χ2n) is 4.57. The number of rotatable bonds is 3. The Kier molecular flexibility index (Phi) is 3.97. The Hall–Kier alpha value is -2.04. The SMILES string of the molecule is Cc1ccccc1C(C)Nc1c(F)c(F)cc(F)c1F. The average molecular weight is 283 g/mol. The number of aryl methyl sites for hydroxylation is 1. The Balaban J connectivity index is 2.38. The van der Waals surface area contributed by atoms with Crippen molar-refractivity contribution in [3.8, 4) is 0 Å². The molecule has 0 fully saturated rings. The molecule has 2 aromatic carbocycles. The van der Waals surface area contributed by atoms with Gasteiger partial charge in [0.15, 0.2) is 23.3 Å². The lowest BCUT2D eigenvalue weighted by atomic mass is 10.0. The molecule has 0 aliphatic carbocycles. The normalized spacial score (nSPS) is 12.3. The van der Waals surface area contributed by atoms with Crippen molar-refractivity contribution in [2.24, 2.45) is 0 Å². The Morgan fingerprint density at radius 3 is 2.05 bits per heavy atom. The molecule has 0 spiro atoms. The van der Waals surface area contributed by atoms with Gasteiger partial charge in [0.05, 0.1) is 0 Å². The molecule has 0 bridgehead atoms. The zero-order valence-electron chi connectivity index (χ0n) is 11.0. The highest BCUT2D eigenvalue weighted by Crippen LogP contribution is 2.28. The van der Waals surface area contributed by atoms with Crippen LogP contribution >= 0.6 is 0 Å². The van der Waals surface area contributed by atoms with E-state index in [1.54, 1.807) is 19.1 Å². The van der Waals surface area contributed by atoms with E-state index >= 15 is 0 Å². The van der Waals surface area contributed by atoms with Crippen LogP contribution in [0.2, 0.25) is 0 Å². The molecule has 1 nitrogen and oxygen atoms in total. The molecule has 0 aliphatic heterocycles. The number of nitrogens with one attached hydrogen (secondary N) is 1. The van der Waals surface area contributed by atoms with Gasteiger partial charge in [-0.1, -0.05) is 24.3 Å². The molecule has 106 valence electrons. The van der Waals surface area contributed by atoms with Crippen molar-refractivity contribution in [1.29, 1.82) is 0 Å². The Labute approximate surface area is 114 Å². The first-order valence-electron chi connectivity index (χ1n) is 6.07. The summed E-state index contributed by atoms with van der Waals surface area (Å²) < 4.78 is 53.4. The lowest BCUT2D eigenvalue weighted by Crippen LogP contribution is -2.12. The molecule has 2 aromatic rings. The molecule has 0 radical (unpaired) electrons. The van der Waals surface area contributed by atoms with Crippen LogP contribution in [0.1, 0.15) is 24.1 Å². The Bertz CT molecular complexity index is 614. The maximum Gasteiger partial charge on any atom is 0.185 e. The van der Waals surface area contributed by atoms with Crippen molar-refractivity contribution in [3.05, 3.63) is 64.7 Å². The van der Waals surface area contributed by atoms with Crippen LogP contribution in [0, 0.1) is 30.2 Å². The first-order chi connectivity index (χ1) is 9.41. The minimum absolute atomic E-state index is 0.189.